The van der Waals surface area contributed by atoms with Crippen molar-refractivity contribution in [2.45, 2.75) is 32.9 Å². The molecule has 0 aliphatic carbocycles. The van der Waals surface area contributed by atoms with E-state index in [0.29, 0.717) is 12.4 Å². The first-order valence-corrected chi connectivity index (χ1v) is 11.0. The summed E-state index contributed by atoms with van der Waals surface area (Å²) in [5, 5.41) is 13.2. The van der Waals surface area contributed by atoms with Gasteiger partial charge in [0.05, 0.1) is 36.0 Å². The third-order valence-electron chi connectivity index (χ3n) is 4.64. The summed E-state index contributed by atoms with van der Waals surface area (Å²) in [5.41, 5.74) is 0.267. The molecule has 0 saturated carbocycles. The highest BCUT2D eigenvalue weighted by Gasteiger charge is 2.46. The van der Waals surface area contributed by atoms with Gasteiger partial charge >= 0.3 is 0 Å². The van der Waals surface area contributed by atoms with E-state index in [4.69, 9.17) is 21.1 Å². The molecule has 1 unspecified atom stereocenters. The molecule has 1 aliphatic rings. The molecule has 0 bridgehead atoms. The van der Waals surface area contributed by atoms with Crippen LogP contribution in [0, 0.1) is 0 Å². The Hall–Kier alpha value is -2.35. The van der Waals surface area contributed by atoms with Crippen molar-refractivity contribution in [3.05, 3.63) is 56.7 Å². The molecule has 1 saturated heterocycles. The van der Waals surface area contributed by atoms with E-state index in [1.54, 1.807) is 18.2 Å². The summed E-state index contributed by atoms with van der Waals surface area (Å²) >= 11 is 7.71. The SMILES string of the molecule is CCOc1ccc(Cl)c(/C(O)=C2/C(=O)C(=O)N(CCOC(C)C)C2c2cccs2)c1. The van der Waals surface area contributed by atoms with Crippen molar-refractivity contribution >= 4 is 40.4 Å². The van der Waals surface area contributed by atoms with Crippen molar-refractivity contribution in [2.24, 2.45) is 0 Å². The fourth-order valence-corrected chi connectivity index (χ4v) is 4.38. The van der Waals surface area contributed by atoms with E-state index in [1.165, 1.54) is 16.2 Å². The number of halogens is 1. The maximum absolute atomic E-state index is 12.9. The summed E-state index contributed by atoms with van der Waals surface area (Å²) in [6.07, 6.45) is 0.00196. The van der Waals surface area contributed by atoms with Gasteiger partial charge in [-0.25, -0.2) is 0 Å². The zero-order chi connectivity index (χ0) is 21.8. The number of Topliss-reactive ketones (excluding diaryl/α,β-unsaturated/α-hetero) is 1. The number of aliphatic hydroxyl groups excluding tert-OH is 1. The van der Waals surface area contributed by atoms with E-state index in [0.717, 1.165) is 4.88 Å². The van der Waals surface area contributed by atoms with Crippen molar-refractivity contribution in [3.63, 3.8) is 0 Å². The van der Waals surface area contributed by atoms with Gasteiger partial charge in [-0.15, -0.1) is 11.3 Å². The lowest BCUT2D eigenvalue weighted by atomic mass is 9.99. The van der Waals surface area contributed by atoms with Crippen LogP contribution in [0.3, 0.4) is 0 Å². The Labute approximate surface area is 184 Å². The van der Waals surface area contributed by atoms with E-state index in [-0.39, 0.29) is 41.2 Å². The molecular weight excluding hydrogens is 426 g/mol. The van der Waals surface area contributed by atoms with E-state index < -0.39 is 17.7 Å². The lowest BCUT2D eigenvalue weighted by molar-refractivity contribution is -0.140. The first-order valence-electron chi connectivity index (χ1n) is 9.71. The fourth-order valence-electron chi connectivity index (χ4n) is 3.33. The van der Waals surface area contributed by atoms with Crippen LogP contribution in [0.25, 0.3) is 5.76 Å². The first kappa shape index (κ1) is 22.3. The molecule has 1 aromatic carbocycles. The summed E-state index contributed by atoms with van der Waals surface area (Å²) in [4.78, 5) is 28.0. The number of likely N-dealkylation sites (tertiary alicyclic amines) is 1. The van der Waals surface area contributed by atoms with Gasteiger partial charge in [0.25, 0.3) is 11.7 Å². The number of rotatable bonds is 8. The van der Waals surface area contributed by atoms with E-state index in [1.807, 2.05) is 38.3 Å². The van der Waals surface area contributed by atoms with Crippen LogP contribution in [0.5, 0.6) is 5.75 Å². The van der Waals surface area contributed by atoms with Gasteiger partial charge in [-0.2, -0.15) is 0 Å². The molecule has 8 heteroatoms. The van der Waals surface area contributed by atoms with Crippen molar-refractivity contribution in [1.82, 2.24) is 4.90 Å². The fraction of sp³-hybridized carbons (Fsp3) is 0.364. The monoisotopic (exact) mass is 449 g/mol. The average Bonchev–Trinajstić information content (AvgIpc) is 3.31. The molecule has 1 aromatic heterocycles. The van der Waals surface area contributed by atoms with Gasteiger partial charge < -0.3 is 19.5 Å². The minimum absolute atomic E-state index is 0.00196. The van der Waals surface area contributed by atoms with Gasteiger partial charge in [0, 0.05) is 17.0 Å². The number of hydrogen-bond acceptors (Lipinski definition) is 6. The van der Waals surface area contributed by atoms with Crippen LogP contribution in [0.15, 0.2) is 41.3 Å². The van der Waals surface area contributed by atoms with Crippen molar-refractivity contribution < 1.29 is 24.2 Å². The number of ether oxygens (including phenoxy) is 2. The normalized spacial score (nSPS) is 18.4. The molecule has 1 N–H and O–H groups in total. The molecule has 1 fully saturated rings. The lowest BCUT2D eigenvalue weighted by Gasteiger charge is -2.24. The highest BCUT2D eigenvalue weighted by atomic mass is 35.5. The number of ketones is 1. The lowest BCUT2D eigenvalue weighted by Crippen LogP contribution is -2.33. The summed E-state index contributed by atoms with van der Waals surface area (Å²) in [6.45, 7) is 6.60. The third-order valence-corrected chi connectivity index (χ3v) is 5.89. The Kier molecular flexibility index (Phi) is 7.18. The van der Waals surface area contributed by atoms with Crippen LogP contribution < -0.4 is 4.74 Å². The Morgan fingerprint density at radius 3 is 2.70 bits per heavy atom. The van der Waals surface area contributed by atoms with Crippen LogP contribution in [-0.4, -0.2) is 47.6 Å². The number of hydrogen-bond donors (Lipinski definition) is 1. The Bertz CT molecular complexity index is 954. The molecule has 30 heavy (non-hydrogen) atoms. The maximum atomic E-state index is 12.9. The maximum Gasteiger partial charge on any atom is 0.295 e. The molecule has 0 radical (unpaired) electrons. The van der Waals surface area contributed by atoms with Gasteiger partial charge in [-0.3, -0.25) is 9.59 Å². The van der Waals surface area contributed by atoms with Gasteiger partial charge in [0.15, 0.2) is 0 Å². The molecule has 1 atom stereocenters. The second-order valence-corrected chi connectivity index (χ2v) is 8.39. The second-order valence-electron chi connectivity index (χ2n) is 7.00. The van der Waals surface area contributed by atoms with Crippen molar-refractivity contribution in [2.75, 3.05) is 19.8 Å². The van der Waals surface area contributed by atoms with Crippen LogP contribution in [0.1, 0.15) is 37.3 Å². The molecule has 160 valence electrons. The highest BCUT2D eigenvalue weighted by molar-refractivity contribution is 7.10. The van der Waals surface area contributed by atoms with Crippen LogP contribution in [-0.2, 0) is 14.3 Å². The minimum atomic E-state index is -0.742. The highest BCUT2D eigenvalue weighted by Crippen LogP contribution is 2.42. The first-order chi connectivity index (χ1) is 14.3. The number of thiophene rings is 1. The smallest absolute Gasteiger partial charge is 0.295 e. The quantitative estimate of drug-likeness (QED) is 0.360. The predicted molar refractivity (Wildman–Crippen MR) is 117 cm³/mol. The number of aliphatic hydroxyl groups is 1. The van der Waals surface area contributed by atoms with E-state index in [2.05, 4.69) is 0 Å². The average molecular weight is 450 g/mol. The van der Waals surface area contributed by atoms with E-state index >= 15 is 0 Å². The number of carbonyl (C=O) groups excluding carboxylic acids is 2. The Morgan fingerprint density at radius 1 is 1.30 bits per heavy atom. The number of amides is 1. The van der Waals surface area contributed by atoms with Crippen LogP contribution in [0.4, 0.5) is 0 Å². The summed E-state index contributed by atoms with van der Waals surface area (Å²) < 4.78 is 11.1. The summed E-state index contributed by atoms with van der Waals surface area (Å²) in [5.74, 6) is -1.21. The van der Waals surface area contributed by atoms with Gasteiger partial charge in [-0.05, 0) is 50.4 Å². The molecule has 3 rings (SSSR count). The summed E-state index contributed by atoms with van der Waals surface area (Å²) in [7, 11) is 0. The zero-order valence-electron chi connectivity index (χ0n) is 17.1. The van der Waals surface area contributed by atoms with Crippen molar-refractivity contribution in [3.8, 4) is 5.75 Å². The molecule has 1 amide bonds. The van der Waals surface area contributed by atoms with Crippen LogP contribution >= 0.6 is 22.9 Å². The van der Waals surface area contributed by atoms with Gasteiger partial charge in [-0.1, -0.05) is 17.7 Å². The molecule has 0 spiro atoms. The molecule has 6 nitrogen and oxygen atoms in total. The molecule has 2 heterocycles. The van der Waals surface area contributed by atoms with Gasteiger partial charge in [0.2, 0.25) is 0 Å². The number of nitrogens with zero attached hydrogens (tertiary/aromatic N) is 1. The van der Waals surface area contributed by atoms with Crippen molar-refractivity contribution in [1.29, 1.82) is 0 Å². The third kappa shape index (κ3) is 4.53. The Balaban J connectivity index is 2.08. The molecular formula is C22H24ClNO5S. The Morgan fingerprint density at radius 2 is 2.07 bits per heavy atom. The summed E-state index contributed by atoms with van der Waals surface area (Å²) in [6, 6.07) is 7.82. The zero-order valence-corrected chi connectivity index (χ0v) is 18.6. The standard InChI is InChI=1S/C22H24ClNO5S/c1-4-28-14-7-8-16(23)15(12-14)20(25)18-19(17-6-5-11-30-17)24(22(27)21(18)26)9-10-29-13(2)3/h5-8,11-13,19,25H,4,9-10H2,1-3H3/b20-18-. The van der Waals surface area contributed by atoms with E-state index in [9.17, 15) is 14.7 Å². The second kappa shape index (κ2) is 9.64. The molecule has 1 aliphatic heterocycles. The topological polar surface area (TPSA) is 76.1 Å². The van der Waals surface area contributed by atoms with Crippen LogP contribution in [0.2, 0.25) is 5.02 Å². The largest absolute Gasteiger partial charge is 0.507 e. The molecule has 2 aromatic rings. The van der Waals surface area contributed by atoms with Gasteiger partial charge in [0.1, 0.15) is 11.5 Å². The minimum Gasteiger partial charge on any atom is -0.507 e. The number of benzene rings is 1. The number of carbonyl (C=O) groups is 2. The predicted octanol–water partition coefficient (Wildman–Crippen LogP) is 4.65.